The molecule has 0 aliphatic rings. The Morgan fingerprint density at radius 1 is 0.667 bits per heavy atom. The van der Waals surface area contributed by atoms with E-state index in [1.807, 2.05) is 0 Å². The van der Waals surface area contributed by atoms with Gasteiger partial charge in [-0.15, -0.1) is 0 Å². The monoisotopic (exact) mass is 357 g/mol. The van der Waals surface area contributed by atoms with E-state index in [9.17, 15) is 0 Å². The molecule has 27 heavy (non-hydrogen) atoms. The van der Waals surface area contributed by atoms with Crippen molar-refractivity contribution in [1.29, 1.82) is 0 Å². The molecule has 0 radical (unpaired) electrons. The van der Waals surface area contributed by atoms with Crippen molar-refractivity contribution in [2.45, 2.75) is 61.3 Å². The first-order valence-electron chi connectivity index (χ1n) is 9.84. The van der Waals surface area contributed by atoms with Crippen LogP contribution in [0.25, 0.3) is 0 Å². The van der Waals surface area contributed by atoms with Crippen molar-refractivity contribution in [2.75, 3.05) is 0 Å². The molecule has 0 fully saturated rings. The van der Waals surface area contributed by atoms with Gasteiger partial charge in [-0.2, -0.15) is 0 Å². The van der Waals surface area contributed by atoms with Gasteiger partial charge in [-0.3, -0.25) is 4.98 Å². The highest BCUT2D eigenvalue weighted by molar-refractivity contribution is 5.46. The molecule has 1 nitrogen and oxygen atoms in total. The highest BCUT2D eigenvalue weighted by Gasteiger charge is 2.15. The summed E-state index contributed by atoms with van der Waals surface area (Å²) in [6, 6.07) is 13.4. The standard InChI is InChI=1S/C26H31N/c1-16-11-12-23(18(3)13-16)15-26-21(6)25(20(5)22(7)27-26)14-24-10-8-9-17(2)19(24)4/h8-13H,14-15H2,1-7H3. The quantitative estimate of drug-likeness (QED) is 0.525. The predicted molar refractivity (Wildman–Crippen MR) is 116 cm³/mol. The third kappa shape index (κ3) is 3.98. The van der Waals surface area contributed by atoms with Gasteiger partial charge in [0, 0.05) is 17.8 Å². The number of hydrogen-bond donors (Lipinski definition) is 0. The van der Waals surface area contributed by atoms with E-state index in [-0.39, 0.29) is 0 Å². The maximum absolute atomic E-state index is 4.97. The lowest BCUT2D eigenvalue weighted by atomic mass is 9.90. The number of nitrogens with zero attached hydrogens (tertiary/aromatic N) is 1. The Kier molecular flexibility index (Phi) is 5.51. The maximum atomic E-state index is 4.97. The molecule has 0 amide bonds. The van der Waals surface area contributed by atoms with E-state index >= 15 is 0 Å². The van der Waals surface area contributed by atoms with Crippen molar-refractivity contribution in [3.8, 4) is 0 Å². The second-order valence-corrected chi connectivity index (χ2v) is 8.01. The minimum absolute atomic E-state index is 0.902. The summed E-state index contributed by atoms with van der Waals surface area (Å²) in [6.45, 7) is 15.4. The van der Waals surface area contributed by atoms with Gasteiger partial charge in [-0.05, 0) is 99.4 Å². The molecular formula is C26H31N. The van der Waals surface area contributed by atoms with Crippen LogP contribution in [0.2, 0.25) is 0 Å². The first-order valence-corrected chi connectivity index (χ1v) is 9.84. The molecule has 1 aromatic heterocycles. The molecule has 0 bridgehead atoms. The zero-order valence-corrected chi connectivity index (χ0v) is 17.8. The van der Waals surface area contributed by atoms with Gasteiger partial charge >= 0.3 is 0 Å². The zero-order chi connectivity index (χ0) is 19.7. The molecule has 0 saturated carbocycles. The fraction of sp³-hybridized carbons (Fsp3) is 0.346. The topological polar surface area (TPSA) is 12.9 Å². The lowest BCUT2D eigenvalue weighted by Gasteiger charge is -2.18. The number of aryl methyl sites for hydroxylation is 4. The van der Waals surface area contributed by atoms with Crippen molar-refractivity contribution in [2.24, 2.45) is 0 Å². The minimum atomic E-state index is 0.902. The van der Waals surface area contributed by atoms with Gasteiger partial charge < -0.3 is 0 Å². The van der Waals surface area contributed by atoms with Crippen molar-refractivity contribution in [3.63, 3.8) is 0 Å². The van der Waals surface area contributed by atoms with E-state index in [1.54, 1.807) is 0 Å². The second kappa shape index (κ2) is 7.68. The molecule has 3 aromatic rings. The summed E-state index contributed by atoms with van der Waals surface area (Å²) in [6.07, 6.45) is 1.88. The normalized spacial score (nSPS) is 11.1. The SMILES string of the molecule is Cc1ccc(Cc2nc(C)c(C)c(Cc3cccc(C)c3C)c2C)c(C)c1. The second-order valence-electron chi connectivity index (χ2n) is 8.01. The summed E-state index contributed by atoms with van der Waals surface area (Å²) >= 11 is 0. The van der Waals surface area contributed by atoms with Gasteiger partial charge in [0.05, 0.1) is 0 Å². The van der Waals surface area contributed by atoms with Crippen molar-refractivity contribution < 1.29 is 0 Å². The summed E-state index contributed by atoms with van der Waals surface area (Å²) in [5.74, 6) is 0. The Balaban J connectivity index is 2.04. The van der Waals surface area contributed by atoms with Gasteiger partial charge in [-0.25, -0.2) is 0 Å². The zero-order valence-electron chi connectivity index (χ0n) is 17.8. The molecular weight excluding hydrogens is 326 g/mol. The molecule has 140 valence electrons. The van der Waals surface area contributed by atoms with E-state index in [2.05, 4.69) is 84.9 Å². The van der Waals surface area contributed by atoms with Gasteiger partial charge in [0.2, 0.25) is 0 Å². The van der Waals surface area contributed by atoms with Crippen LogP contribution in [0.15, 0.2) is 36.4 Å². The Morgan fingerprint density at radius 2 is 1.41 bits per heavy atom. The molecule has 0 unspecified atom stereocenters. The molecule has 0 spiro atoms. The fourth-order valence-electron chi connectivity index (χ4n) is 3.90. The predicted octanol–water partition coefficient (Wildman–Crippen LogP) is 6.42. The average molecular weight is 358 g/mol. The van der Waals surface area contributed by atoms with Crippen molar-refractivity contribution in [1.82, 2.24) is 4.98 Å². The van der Waals surface area contributed by atoms with Crippen molar-refractivity contribution >= 4 is 0 Å². The van der Waals surface area contributed by atoms with Crippen LogP contribution in [-0.2, 0) is 12.8 Å². The first-order chi connectivity index (χ1) is 12.8. The molecule has 0 atom stereocenters. The number of hydrogen-bond acceptors (Lipinski definition) is 1. The Hall–Kier alpha value is -2.41. The smallest absolute Gasteiger partial charge is 0.0482 e. The van der Waals surface area contributed by atoms with Gasteiger partial charge in [0.1, 0.15) is 0 Å². The summed E-state index contributed by atoms with van der Waals surface area (Å²) in [5.41, 5.74) is 14.7. The molecule has 0 N–H and O–H groups in total. The van der Waals surface area contributed by atoms with E-state index in [1.165, 1.54) is 55.8 Å². The van der Waals surface area contributed by atoms with Crippen LogP contribution in [0.1, 0.15) is 61.5 Å². The number of pyridine rings is 1. The molecule has 0 saturated heterocycles. The van der Waals surface area contributed by atoms with Gasteiger partial charge in [-0.1, -0.05) is 42.0 Å². The van der Waals surface area contributed by atoms with Crippen LogP contribution < -0.4 is 0 Å². The lowest BCUT2D eigenvalue weighted by molar-refractivity contribution is 0.947. The lowest BCUT2D eigenvalue weighted by Crippen LogP contribution is -2.08. The van der Waals surface area contributed by atoms with Crippen LogP contribution in [0, 0.1) is 48.5 Å². The molecule has 2 aromatic carbocycles. The minimum Gasteiger partial charge on any atom is -0.257 e. The van der Waals surface area contributed by atoms with Gasteiger partial charge in [0.15, 0.2) is 0 Å². The van der Waals surface area contributed by atoms with E-state index in [0.29, 0.717) is 0 Å². The third-order valence-corrected chi connectivity index (χ3v) is 6.12. The molecule has 1 heteroatoms. The van der Waals surface area contributed by atoms with E-state index in [0.717, 1.165) is 18.5 Å². The average Bonchev–Trinajstić information content (AvgIpc) is 2.62. The Morgan fingerprint density at radius 3 is 2.11 bits per heavy atom. The van der Waals surface area contributed by atoms with Crippen LogP contribution in [-0.4, -0.2) is 4.98 Å². The van der Waals surface area contributed by atoms with E-state index < -0.39 is 0 Å². The maximum Gasteiger partial charge on any atom is 0.0482 e. The third-order valence-electron chi connectivity index (χ3n) is 6.12. The Labute approximate surface area is 164 Å². The summed E-state index contributed by atoms with van der Waals surface area (Å²) in [4.78, 5) is 4.97. The highest BCUT2D eigenvalue weighted by atomic mass is 14.7. The molecule has 0 aliphatic carbocycles. The van der Waals surface area contributed by atoms with Gasteiger partial charge in [0.25, 0.3) is 0 Å². The summed E-state index contributed by atoms with van der Waals surface area (Å²) < 4.78 is 0. The number of aromatic nitrogens is 1. The van der Waals surface area contributed by atoms with Crippen LogP contribution in [0.5, 0.6) is 0 Å². The van der Waals surface area contributed by atoms with Crippen LogP contribution in [0.3, 0.4) is 0 Å². The summed E-state index contributed by atoms with van der Waals surface area (Å²) in [5, 5.41) is 0. The first kappa shape index (κ1) is 19.4. The summed E-state index contributed by atoms with van der Waals surface area (Å²) in [7, 11) is 0. The fourth-order valence-corrected chi connectivity index (χ4v) is 3.90. The molecule has 1 heterocycles. The number of benzene rings is 2. The number of rotatable bonds is 4. The Bertz CT molecular complexity index is 996. The van der Waals surface area contributed by atoms with Crippen LogP contribution >= 0.6 is 0 Å². The largest absolute Gasteiger partial charge is 0.257 e. The highest BCUT2D eigenvalue weighted by Crippen LogP contribution is 2.26. The van der Waals surface area contributed by atoms with E-state index in [4.69, 9.17) is 4.98 Å². The van der Waals surface area contributed by atoms with Crippen molar-refractivity contribution in [3.05, 3.63) is 97.9 Å². The molecule has 0 aliphatic heterocycles. The van der Waals surface area contributed by atoms with Crippen LogP contribution in [0.4, 0.5) is 0 Å². The molecule has 3 rings (SSSR count).